The number of carbonyl (C=O) groups is 1. The predicted molar refractivity (Wildman–Crippen MR) is 110 cm³/mol. The van der Waals surface area contributed by atoms with Gasteiger partial charge in [-0.05, 0) is 32.1 Å². The Morgan fingerprint density at radius 3 is 2.54 bits per heavy atom. The molecule has 0 aromatic carbocycles. The second-order valence-corrected chi connectivity index (χ2v) is 6.32. The van der Waals surface area contributed by atoms with Crippen molar-refractivity contribution in [2.75, 3.05) is 45.9 Å². The quantitative estimate of drug-likeness (QED) is 0.230. The second-order valence-electron chi connectivity index (χ2n) is 6.32. The standard InChI is InChI=1S/C17H34N4O2.HI/c1-4-18-17(20-10-14-23-13-8-15(2)3)19-9-7-16(22)21-11-5-6-12-21;/h15H,4-14H2,1-3H3,(H2,18,19,20);1H. The van der Waals surface area contributed by atoms with Crippen LogP contribution in [0.2, 0.25) is 0 Å². The molecule has 0 spiro atoms. The summed E-state index contributed by atoms with van der Waals surface area (Å²) < 4.78 is 5.56. The fourth-order valence-electron chi connectivity index (χ4n) is 2.40. The zero-order chi connectivity index (χ0) is 16.9. The van der Waals surface area contributed by atoms with Gasteiger partial charge in [0.15, 0.2) is 5.96 Å². The Hall–Kier alpha value is -0.570. The molecule has 0 bridgehead atoms. The molecular weight excluding hydrogens is 419 g/mol. The van der Waals surface area contributed by atoms with Gasteiger partial charge in [-0.15, -0.1) is 24.0 Å². The molecule has 0 atom stereocenters. The molecule has 7 heteroatoms. The predicted octanol–water partition coefficient (Wildman–Crippen LogP) is 2.23. The zero-order valence-corrected chi connectivity index (χ0v) is 17.8. The van der Waals surface area contributed by atoms with Gasteiger partial charge in [0.05, 0.1) is 13.2 Å². The van der Waals surface area contributed by atoms with E-state index < -0.39 is 0 Å². The van der Waals surface area contributed by atoms with Crippen LogP contribution in [0, 0.1) is 5.92 Å². The average molecular weight is 454 g/mol. The molecule has 0 aromatic heterocycles. The van der Waals surface area contributed by atoms with Gasteiger partial charge < -0.3 is 20.3 Å². The van der Waals surface area contributed by atoms with Crippen molar-refractivity contribution in [2.24, 2.45) is 10.9 Å². The van der Waals surface area contributed by atoms with Crippen molar-refractivity contribution < 1.29 is 9.53 Å². The molecule has 1 saturated heterocycles. The Labute approximate surface area is 164 Å². The molecule has 1 fully saturated rings. The number of hydrogen-bond donors (Lipinski definition) is 2. The van der Waals surface area contributed by atoms with Crippen molar-refractivity contribution in [1.82, 2.24) is 15.5 Å². The lowest BCUT2D eigenvalue weighted by Crippen LogP contribution is -2.40. The number of amides is 1. The Kier molecular flexibility index (Phi) is 14.4. The molecular formula is C17H35IN4O2. The fraction of sp³-hybridized carbons (Fsp3) is 0.882. The number of likely N-dealkylation sites (tertiary alicyclic amines) is 1. The molecule has 1 aliphatic heterocycles. The van der Waals surface area contributed by atoms with Gasteiger partial charge in [-0.25, -0.2) is 0 Å². The normalized spacial score (nSPS) is 14.7. The van der Waals surface area contributed by atoms with E-state index in [0.29, 0.717) is 32.0 Å². The van der Waals surface area contributed by atoms with Crippen molar-refractivity contribution >= 4 is 35.8 Å². The van der Waals surface area contributed by atoms with Crippen LogP contribution in [-0.2, 0) is 9.53 Å². The van der Waals surface area contributed by atoms with E-state index in [-0.39, 0.29) is 29.9 Å². The maximum absolute atomic E-state index is 12.0. The number of nitrogens with zero attached hydrogens (tertiary/aromatic N) is 2. The average Bonchev–Trinajstić information content (AvgIpc) is 3.04. The Bertz CT molecular complexity index is 358. The van der Waals surface area contributed by atoms with Crippen LogP contribution in [0.4, 0.5) is 0 Å². The Balaban J connectivity index is 0.00000529. The van der Waals surface area contributed by atoms with Crippen molar-refractivity contribution in [3.05, 3.63) is 0 Å². The highest BCUT2D eigenvalue weighted by molar-refractivity contribution is 14.0. The molecule has 0 aromatic rings. The number of carbonyl (C=O) groups excluding carboxylic acids is 1. The van der Waals surface area contributed by atoms with E-state index in [1.165, 1.54) is 0 Å². The van der Waals surface area contributed by atoms with E-state index in [1.807, 2.05) is 11.8 Å². The number of ether oxygens (including phenoxy) is 1. The van der Waals surface area contributed by atoms with E-state index in [1.54, 1.807) is 0 Å². The lowest BCUT2D eigenvalue weighted by atomic mass is 10.1. The summed E-state index contributed by atoms with van der Waals surface area (Å²) >= 11 is 0. The number of rotatable bonds is 10. The lowest BCUT2D eigenvalue weighted by molar-refractivity contribution is -0.129. The summed E-state index contributed by atoms with van der Waals surface area (Å²) in [6.45, 7) is 11.7. The van der Waals surface area contributed by atoms with Gasteiger partial charge in [0.1, 0.15) is 0 Å². The van der Waals surface area contributed by atoms with Gasteiger partial charge in [0.25, 0.3) is 0 Å². The number of aliphatic imine (C=N–C) groups is 1. The highest BCUT2D eigenvalue weighted by atomic mass is 127. The van der Waals surface area contributed by atoms with Crippen LogP contribution in [0.3, 0.4) is 0 Å². The monoisotopic (exact) mass is 454 g/mol. The first-order valence-electron chi connectivity index (χ1n) is 9.01. The molecule has 0 aliphatic carbocycles. The van der Waals surface area contributed by atoms with E-state index in [4.69, 9.17) is 4.74 Å². The van der Waals surface area contributed by atoms with Crippen LogP contribution in [0.5, 0.6) is 0 Å². The van der Waals surface area contributed by atoms with Crippen molar-refractivity contribution in [2.45, 2.75) is 46.5 Å². The van der Waals surface area contributed by atoms with E-state index in [9.17, 15) is 4.79 Å². The summed E-state index contributed by atoms with van der Waals surface area (Å²) in [5.74, 6) is 1.67. The maximum atomic E-state index is 12.0. The van der Waals surface area contributed by atoms with Crippen LogP contribution in [0.25, 0.3) is 0 Å². The second kappa shape index (κ2) is 14.7. The molecule has 0 saturated carbocycles. The molecule has 6 nitrogen and oxygen atoms in total. The largest absolute Gasteiger partial charge is 0.380 e. The summed E-state index contributed by atoms with van der Waals surface area (Å²) in [7, 11) is 0. The molecule has 0 radical (unpaired) electrons. The van der Waals surface area contributed by atoms with Gasteiger partial charge in [0.2, 0.25) is 5.91 Å². The van der Waals surface area contributed by atoms with Gasteiger partial charge in [-0.3, -0.25) is 9.79 Å². The Morgan fingerprint density at radius 2 is 1.92 bits per heavy atom. The molecule has 1 amide bonds. The minimum atomic E-state index is 0. The highest BCUT2D eigenvalue weighted by Crippen LogP contribution is 2.08. The summed E-state index contributed by atoms with van der Waals surface area (Å²) in [6.07, 6.45) is 3.89. The smallest absolute Gasteiger partial charge is 0.224 e. The Morgan fingerprint density at radius 1 is 1.21 bits per heavy atom. The third-order valence-electron chi connectivity index (χ3n) is 3.78. The molecule has 1 rings (SSSR count). The van der Waals surface area contributed by atoms with Crippen molar-refractivity contribution in [3.8, 4) is 0 Å². The van der Waals surface area contributed by atoms with Gasteiger partial charge in [-0.2, -0.15) is 0 Å². The van der Waals surface area contributed by atoms with Gasteiger partial charge in [0, 0.05) is 39.2 Å². The van der Waals surface area contributed by atoms with E-state index in [2.05, 4.69) is 29.5 Å². The molecule has 1 aliphatic rings. The summed E-state index contributed by atoms with van der Waals surface area (Å²) in [5, 5.41) is 6.41. The molecule has 2 N–H and O–H groups in total. The van der Waals surface area contributed by atoms with Crippen molar-refractivity contribution in [1.29, 1.82) is 0 Å². The van der Waals surface area contributed by atoms with Crippen LogP contribution in [0.1, 0.15) is 46.5 Å². The summed E-state index contributed by atoms with van der Waals surface area (Å²) in [6, 6.07) is 0. The molecule has 24 heavy (non-hydrogen) atoms. The first-order valence-corrected chi connectivity index (χ1v) is 9.01. The molecule has 1 heterocycles. The minimum Gasteiger partial charge on any atom is -0.380 e. The summed E-state index contributed by atoms with van der Waals surface area (Å²) in [4.78, 5) is 18.4. The molecule has 0 unspecified atom stereocenters. The first-order chi connectivity index (χ1) is 11.1. The fourth-order valence-corrected chi connectivity index (χ4v) is 2.40. The number of halogens is 1. The SMILES string of the molecule is CCNC(=NCCOCCC(C)C)NCCC(=O)N1CCCC1.I. The zero-order valence-electron chi connectivity index (χ0n) is 15.5. The van der Waals surface area contributed by atoms with Gasteiger partial charge >= 0.3 is 0 Å². The van der Waals surface area contributed by atoms with Gasteiger partial charge in [-0.1, -0.05) is 13.8 Å². The van der Waals surface area contributed by atoms with Crippen LogP contribution < -0.4 is 10.6 Å². The van der Waals surface area contributed by atoms with Crippen LogP contribution >= 0.6 is 24.0 Å². The van der Waals surface area contributed by atoms with Crippen LogP contribution in [-0.4, -0.2) is 62.7 Å². The lowest BCUT2D eigenvalue weighted by Gasteiger charge is -2.16. The van der Waals surface area contributed by atoms with Crippen LogP contribution in [0.15, 0.2) is 4.99 Å². The third-order valence-corrected chi connectivity index (χ3v) is 3.78. The number of nitrogens with one attached hydrogen (secondary N) is 2. The topological polar surface area (TPSA) is 66.0 Å². The van der Waals surface area contributed by atoms with Crippen molar-refractivity contribution in [3.63, 3.8) is 0 Å². The molecule has 142 valence electrons. The third kappa shape index (κ3) is 11.1. The highest BCUT2D eigenvalue weighted by Gasteiger charge is 2.17. The summed E-state index contributed by atoms with van der Waals surface area (Å²) in [5.41, 5.74) is 0. The van der Waals surface area contributed by atoms with E-state index in [0.717, 1.165) is 51.5 Å². The number of hydrogen-bond acceptors (Lipinski definition) is 3. The maximum Gasteiger partial charge on any atom is 0.224 e. The number of guanidine groups is 1. The first kappa shape index (κ1) is 23.4. The minimum absolute atomic E-state index is 0. The van der Waals surface area contributed by atoms with E-state index >= 15 is 0 Å².